The number of rotatable bonds is 0. The van der Waals surface area contributed by atoms with Gasteiger partial charge in [-0.1, -0.05) is 11.6 Å². The van der Waals surface area contributed by atoms with Crippen molar-refractivity contribution >= 4 is 34.7 Å². The molecule has 0 saturated heterocycles. The molecular weight excluding hydrogens is 197 g/mol. The van der Waals surface area contributed by atoms with Crippen molar-refractivity contribution in [3.63, 3.8) is 0 Å². The van der Waals surface area contributed by atoms with Gasteiger partial charge < -0.3 is 0 Å². The maximum atomic E-state index is 5.83. The third kappa shape index (κ3) is 1.19. The molecule has 2 rings (SSSR count). The fourth-order valence-electron chi connectivity index (χ4n) is 1.14. The van der Waals surface area contributed by atoms with E-state index in [4.69, 9.17) is 23.2 Å². The zero-order chi connectivity index (χ0) is 8.72. The van der Waals surface area contributed by atoms with Crippen LogP contribution in [0.5, 0.6) is 0 Å². The van der Waals surface area contributed by atoms with Crippen molar-refractivity contribution in [1.82, 2.24) is 9.97 Å². The Morgan fingerprint density at radius 3 is 2.75 bits per heavy atom. The highest BCUT2D eigenvalue weighted by Gasteiger charge is 2.17. The van der Waals surface area contributed by atoms with E-state index in [1.54, 1.807) is 0 Å². The highest BCUT2D eigenvalue weighted by atomic mass is 35.5. The molecule has 0 unspecified atom stereocenters. The first-order valence-electron chi connectivity index (χ1n) is 3.43. The molecule has 0 amide bonds. The fraction of sp³-hybridized carbons (Fsp3) is 0.286. The Balaban J connectivity index is 2.61. The molecule has 0 radical (unpaired) electrons. The van der Waals surface area contributed by atoms with Gasteiger partial charge in [0.2, 0.25) is 5.28 Å². The standard InChI is InChI=1S/C7H5Cl2N3/c1-3-2-4-5(8)11-7(9)12-6(4)10-3/h2H2,1H3. The van der Waals surface area contributed by atoms with Crippen LogP contribution >= 0.6 is 23.2 Å². The summed E-state index contributed by atoms with van der Waals surface area (Å²) in [5.74, 6) is 0.609. The van der Waals surface area contributed by atoms with Gasteiger partial charge in [-0.2, -0.15) is 4.98 Å². The van der Waals surface area contributed by atoms with Crippen molar-refractivity contribution < 1.29 is 0 Å². The Morgan fingerprint density at radius 1 is 1.25 bits per heavy atom. The number of fused-ring (bicyclic) bond motifs is 1. The molecule has 5 heteroatoms. The van der Waals surface area contributed by atoms with Crippen molar-refractivity contribution in [3.05, 3.63) is 16.0 Å². The highest BCUT2D eigenvalue weighted by Crippen LogP contribution is 2.30. The van der Waals surface area contributed by atoms with Gasteiger partial charge in [-0.3, -0.25) is 0 Å². The third-order valence-electron chi connectivity index (χ3n) is 1.64. The van der Waals surface area contributed by atoms with Crippen molar-refractivity contribution in [2.24, 2.45) is 4.99 Å². The van der Waals surface area contributed by atoms with E-state index in [9.17, 15) is 0 Å². The van der Waals surface area contributed by atoms with Gasteiger partial charge in [0, 0.05) is 17.7 Å². The second kappa shape index (κ2) is 2.68. The van der Waals surface area contributed by atoms with Crippen LogP contribution in [0.3, 0.4) is 0 Å². The Morgan fingerprint density at radius 2 is 2.00 bits per heavy atom. The Kier molecular flexibility index (Phi) is 1.77. The van der Waals surface area contributed by atoms with E-state index >= 15 is 0 Å². The minimum Gasteiger partial charge on any atom is -0.238 e. The number of hydrogen-bond acceptors (Lipinski definition) is 3. The van der Waals surface area contributed by atoms with Gasteiger partial charge in [0.1, 0.15) is 5.15 Å². The average Bonchev–Trinajstić information content (AvgIpc) is 2.29. The SMILES string of the molecule is CC1=Nc2nc(Cl)nc(Cl)c2C1. The summed E-state index contributed by atoms with van der Waals surface area (Å²) in [6, 6.07) is 0. The number of halogens is 2. The van der Waals surface area contributed by atoms with Crippen LogP contribution in [0.1, 0.15) is 12.5 Å². The van der Waals surface area contributed by atoms with Crippen molar-refractivity contribution in [2.75, 3.05) is 0 Å². The van der Waals surface area contributed by atoms with Gasteiger partial charge >= 0.3 is 0 Å². The molecule has 1 aliphatic rings. The van der Waals surface area contributed by atoms with Gasteiger partial charge in [-0.25, -0.2) is 9.98 Å². The smallest absolute Gasteiger partial charge is 0.225 e. The number of nitrogens with zero attached hydrogens (tertiary/aromatic N) is 3. The summed E-state index contributed by atoms with van der Waals surface area (Å²) in [5, 5.41) is 0.558. The zero-order valence-electron chi connectivity index (χ0n) is 6.30. The lowest BCUT2D eigenvalue weighted by Gasteiger charge is -1.97. The summed E-state index contributed by atoms with van der Waals surface area (Å²) in [4.78, 5) is 11.9. The molecule has 0 bridgehead atoms. The molecule has 0 N–H and O–H groups in total. The van der Waals surface area contributed by atoms with Gasteiger partial charge in [-0.05, 0) is 18.5 Å². The van der Waals surface area contributed by atoms with E-state index < -0.39 is 0 Å². The molecule has 12 heavy (non-hydrogen) atoms. The first-order chi connectivity index (χ1) is 5.66. The Hall–Kier alpha value is -0.670. The summed E-state index contributed by atoms with van der Waals surface area (Å²) in [7, 11) is 0. The minimum atomic E-state index is 0.150. The summed E-state index contributed by atoms with van der Waals surface area (Å²) in [6.45, 7) is 1.92. The Bertz CT molecular complexity index is 373. The van der Waals surface area contributed by atoms with Crippen molar-refractivity contribution in [2.45, 2.75) is 13.3 Å². The summed E-state index contributed by atoms with van der Waals surface area (Å²) >= 11 is 11.4. The van der Waals surface area contributed by atoms with E-state index in [-0.39, 0.29) is 5.28 Å². The molecule has 1 aliphatic heterocycles. The zero-order valence-corrected chi connectivity index (χ0v) is 7.82. The van der Waals surface area contributed by atoms with Crippen LogP contribution in [0.25, 0.3) is 0 Å². The largest absolute Gasteiger partial charge is 0.238 e. The van der Waals surface area contributed by atoms with E-state index in [0.717, 1.165) is 17.7 Å². The molecule has 1 aromatic rings. The van der Waals surface area contributed by atoms with Gasteiger partial charge in [0.05, 0.1) is 0 Å². The molecule has 0 atom stereocenters. The molecule has 1 aromatic heterocycles. The Labute approximate surface area is 79.5 Å². The second-order valence-electron chi connectivity index (χ2n) is 2.61. The van der Waals surface area contributed by atoms with Crippen LogP contribution in [-0.2, 0) is 6.42 Å². The van der Waals surface area contributed by atoms with E-state index in [2.05, 4.69) is 15.0 Å². The predicted octanol–water partition coefficient (Wildman–Crippen LogP) is 2.43. The first kappa shape index (κ1) is 7.95. The second-order valence-corrected chi connectivity index (χ2v) is 3.31. The quantitative estimate of drug-likeness (QED) is 0.478. The molecule has 0 aliphatic carbocycles. The first-order valence-corrected chi connectivity index (χ1v) is 4.18. The van der Waals surface area contributed by atoms with Crippen LogP contribution in [0.15, 0.2) is 4.99 Å². The normalized spacial score (nSPS) is 14.4. The molecular formula is C7H5Cl2N3. The predicted molar refractivity (Wildman–Crippen MR) is 48.5 cm³/mol. The lowest BCUT2D eigenvalue weighted by Crippen LogP contribution is -1.92. The lowest BCUT2D eigenvalue weighted by atomic mass is 10.2. The number of aromatic nitrogens is 2. The van der Waals surface area contributed by atoms with Gasteiger partial charge in [-0.15, -0.1) is 0 Å². The molecule has 0 saturated carbocycles. The maximum Gasteiger partial charge on any atom is 0.225 e. The van der Waals surface area contributed by atoms with Crippen LogP contribution in [-0.4, -0.2) is 15.7 Å². The molecule has 2 heterocycles. The molecule has 62 valence electrons. The van der Waals surface area contributed by atoms with Crippen LogP contribution in [0.4, 0.5) is 5.82 Å². The van der Waals surface area contributed by atoms with Crippen LogP contribution in [0, 0.1) is 0 Å². The monoisotopic (exact) mass is 201 g/mol. The number of aliphatic imine (C=N–C) groups is 1. The minimum absolute atomic E-state index is 0.150. The summed E-state index contributed by atoms with van der Waals surface area (Å²) in [6.07, 6.45) is 0.728. The average molecular weight is 202 g/mol. The lowest BCUT2D eigenvalue weighted by molar-refractivity contribution is 1.12. The topological polar surface area (TPSA) is 38.1 Å². The van der Waals surface area contributed by atoms with Crippen molar-refractivity contribution in [3.8, 4) is 0 Å². The van der Waals surface area contributed by atoms with E-state index in [1.165, 1.54) is 0 Å². The van der Waals surface area contributed by atoms with Crippen LogP contribution < -0.4 is 0 Å². The molecule has 0 aromatic carbocycles. The number of hydrogen-bond donors (Lipinski definition) is 0. The summed E-state index contributed by atoms with van der Waals surface area (Å²) < 4.78 is 0. The van der Waals surface area contributed by atoms with Crippen molar-refractivity contribution in [1.29, 1.82) is 0 Å². The molecule has 0 spiro atoms. The molecule has 0 fully saturated rings. The summed E-state index contributed by atoms with van der Waals surface area (Å²) in [5.41, 5.74) is 1.86. The molecule has 3 nitrogen and oxygen atoms in total. The van der Waals surface area contributed by atoms with Crippen LogP contribution in [0.2, 0.25) is 10.4 Å². The van der Waals surface area contributed by atoms with Gasteiger partial charge in [0.25, 0.3) is 0 Å². The fourth-order valence-corrected chi connectivity index (χ4v) is 1.58. The highest BCUT2D eigenvalue weighted by molar-refractivity contribution is 6.33. The van der Waals surface area contributed by atoms with Gasteiger partial charge in [0.15, 0.2) is 5.82 Å². The van der Waals surface area contributed by atoms with E-state index in [1.807, 2.05) is 6.92 Å². The van der Waals surface area contributed by atoms with E-state index in [0.29, 0.717) is 11.0 Å². The maximum absolute atomic E-state index is 5.83. The third-order valence-corrected chi connectivity index (χ3v) is 2.12.